The molecule has 3 rings (SSSR count). The first-order valence-corrected chi connectivity index (χ1v) is 8.93. The predicted molar refractivity (Wildman–Crippen MR) is 106 cm³/mol. The van der Waals surface area contributed by atoms with Crippen LogP contribution in [0.1, 0.15) is 46.9 Å². The van der Waals surface area contributed by atoms with E-state index >= 15 is 0 Å². The van der Waals surface area contributed by atoms with E-state index in [0.29, 0.717) is 24.7 Å². The molecule has 0 bridgehead atoms. The Hall–Kier alpha value is -2.88. The maximum Gasteiger partial charge on any atom is 0.268 e. The summed E-state index contributed by atoms with van der Waals surface area (Å²) in [5.74, 6) is 0.375. The van der Waals surface area contributed by atoms with Crippen LogP contribution in [0.25, 0.3) is 10.9 Å². The number of rotatable bonds is 6. The molecule has 0 aliphatic heterocycles. The van der Waals surface area contributed by atoms with Crippen LogP contribution < -0.4 is 5.32 Å². The quantitative estimate of drug-likeness (QED) is 0.663. The number of nitrogens with zero attached hydrogens (tertiary/aromatic N) is 2. The number of fused-ring (bicyclic) bond motifs is 1. The summed E-state index contributed by atoms with van der Waals surface area (Å²) in [6, 6.07) is 10.3. The normalized spacial score (nSPS) is 11.1. The average molecular weight is 347 g/mol. The molecule has 1 N–H and O–H groups in total. The third-order valence-electron chi connectivity index (χ3n) is 4.71. The Balaban J connectivity index is 2.00. The Labute approximate surface area is 154 Å². The van der Waals surface area contributed by atoms with Crippen LogP contribution in [0.3, 0.4) is 0 Å². The van der Waals surface area contributed by atoms with Crippen molar-refractivity contribution < 1.29 is 4.79 Å². The van der Waals surface area contributed by atoms with Crippen molar-refractivity contribution in [1.82, 2.24) is 14.9 Å². The fourth-order valence-corrected chi connectivity index (χ4v) is 3.28. The van der Waals surface area contributed by atoms with Gasteiger partial charge in [0.25, 0.3) is 5.91 Å². The fraction of sp³-hybridized carbons (Fsp3) is 0.273. The minimum absolute atomic E-state index is 0.0736. The monoisotopic (exact) mass is 347 g/mol. The Bertz CT molecular complexity index is 939. The number of carbonyl (C=O) groups is 1. The maximum atomic E-state index is 12.9. The van der Waals surface area contributed by atoms with Gasteiger partial charge >= 0.3 is 0 Å². The Morgan fingerprint density at radius 3 is 2.81 bits per heavy atom. The van der Waals surface area contributed by atoms with Crippen LogP contribution in [0.2, 0.25) is 0 Å². The van der Waals surface area contributed by atoms with E-state index in [1.54, 1.807) is 12.4 Å². The summed E-state index contributed by atoms with van der Waals surface area (Å²) < 4.78 is 2.04. The highest BCUT2D eigenvalue weighted by Gasteiger charge is 2.20. The summed E-state index contributed by atoms with van der Waals surface area (Å²) in [7, 11) is 0. The van der Waals surface area contributed by atoms with Gasteiger partial charge in [-0.3, -0.25) is 9.78 Å². The molecule has 0 radical (unpaired) electrons. The summed E-state index contributed by atoms with van der Waals surface area (Å²) in [6.07, 6.45) is 5.32. The topological polar surface area (TPSA) is 46.9 Å². The molecule has 1 aromatic carbocycles. The average Bonchev–Trinajstić information content (AvgIpc) is 2.92. The molecule has 1 amide bonds. The van der Waals surface area contributed by atoms with Gasteiger partial charge in [-0.05, 0) is 47.7 Å². The van der Waals surface area contributed by atoms with Gasteiger partial charge < -0.3 is 9.88 Å². The molecule has 2 heterocycles. The van der Waals surface area contributed by atoms with Crippen LogP contribution in [0.15, 0.2) is 55.4 Å². The van der Waals surface area contributed by atoms with Crippen LogP contribution in [0, 0.1) is 6.92 Å². The van der Waals surface area contributed by atoms with Crippen molar-refractivity contribution >= 4 is 16.8 Å². The van der Waals surface area contributed by atoms with Gasteiger partial charge in [-0.2, -0.15) is 0 Å². The summed E-state index contributed by atoms with van der Waals surface area (Å²) in [6.45, 7) is 11.3. The van der Waals surface area contributed by atoms with Crippen molar-refractivity contribution in [3.05, 3.63) is 77.8 Å². The van der Waals surface area contributed by atoms with Crippen molar-refractivity contribution in [3.8, 4) is 0 Å². The van der Waals surface area contributed by atoms with Crippen LogP contribution in [-0.2, 0) is 13.1 Å². The fourth-order valence-electron chi connectivity index (χ4n) is 3.28. The minimum Gasteiger partial charge on any atom is -0.347 e. The van der Waals surface area contributed by atoms with E-state index in [-0.39, 0.29) is 5.91 Å². The van der Waals surface area contributed by atoms with Crippen molar-refractivity contribution in [2.75, 3.05) is 0 Å². The van der Waals surface area contributed by atoms with Gasteiger partial charge in [-0.25, -0.2) is 0 Å². The van der Waals surface area contributed by atoms with Crippen LogP contribution in [-0.4, -0.2) is 15.5 Å². The Morgan fingerprint density at radius 2 is 2.15 bits per heavy atom. The molecule has 26 heavy (non-hydrogen) atoms. The standard InChI is InChI=1S/C22H25N3O/c1-5-11-25-20-9-8-18(15(2)3)12-19(20)16(4)21(25)22(26)24-14-17-7-6-10-23-13-17/h5-10,12-13,15H,1,11,14H2,2-4H3,(H,24,26). The van der Waals surface area contributed by atoms with Crippen molar-refractivity contribution in [2.45, 2.75) is 39.8 Å². The van der Waals surface area contributed by atoms with Crippen molar-refractivity contribution in [3.63, 3.8) is 0 Å². The first-order chi connectivity index (χ1) is 12.5. The van der Waals surface area contributed by atoms with Gasteiger partial charge in [-0.1, -0.05) is 32.1 Å². The number of amides is 1. The van der Waals surface area contributed by atoms with Gasteiger partial charge in [0.15, 0.2) is 0 Å². The van der Waals surface area contributed by atoms with E-state index in [9.17, 15) is 4.79 Å². The first kappa shape index (κ1) is 17.9. The van der Waals surface area contributed by atoms with Gasteiger partial charge in [0, 0.05) is 36.4 Å². The molecule has 0 spiro atoms. The minimum atomic E-state index is -0.0736. The van der Waals surface area contributed by atoms with E-state index in [4.69, 9.17) is 0 Å². The molecule has 4 nitrogen and oxygen atoms in total. The van der Waals surface area contributed by atoms with Crippen molar-refractivity contribution in [1.29, 1.82) is 0 Å². The Kier molecular flexibility index (Phi) is 5.21. The van der Waals surface area contributed by atoms with E-state index in [1.165, 1.54) is 5.56 Å². The number of hydrogen-bond acceptors (Lipinski definition) is 2. The van der Waals surface area contributed by atoms with Crippen LogP contribution in [0.4, 0.5) is 0 Å². The number of aromatic nitrogens is 2. The Morgan fingerprint density at radius 1 is 1.35 bits per heavy atom. The molecular weight excluding hydrogens is 322 g/mol. The maximum absolute atomic E-state index is 12.9. The lowest BCUT2D eigenvalue weighted by Gasteiger charge is -2.10. The van der Waals surface area contributed by atoms with Gasteiger partial charge in [0.05, 0.1) is 0 Å². The lowest BCUT2D eigenvalue weighted by Crippen LogP contribution is -2.26. The zero-order chi connectivity index (χ0) is 18.7. The molecule has 0 fully saturated rings. The molecular formula is C22H25N3O. The molecule has 0 saturated heterocycles. The highest BCUT2D eigenvalue weighted by Crippen LogP contribution is 2.29. The smallest absolute Gasteiger partial charge is 0.268 e. The summed E-state index contributed by atoms with van der Waals surface area (Å²) in [5, 5.41) is 4.15. The molecule has 0 saturated carbocycles. The lowest BCUT2D eigenvalue weighted by molar-refractivity contribution is 0.0942. The number of benzene rings is 1. The van der Waals surface area contributed by atoms with Crippen LogP contribution >= 0.6 is 0 Å². The molecule has 3 aromatic rings. The number of aryl methyl sites for hydroxylation is 1. The molecule has 134 valence electrons. The number of allylic oxidation sites excluding steroid dienone is 1. The summed E-state index contributed by atoms with van der Waals surface area (Å²) in [4.78, 5) is 17.0. The summed E-state index contributed by atoms with van der Waals surface area (Å²) in [5.41, 5.74) is 5.03. The predicted octanol–water partition coefficient (Wildman–Crippen LogP) is 4.58. The first-order valence-electron chi connectivity index (χ1n) is 8.93. The number of pyridine rings is 1. The highest BCUT2D eigenvalue weighted by molar-refractivity contribution is 6.01. The molecule has 2 aromatic heterocycles. The van der Waals surface area contributed by atoms with Gasteiger partial charge in [0.1, 0.15) is 5.69 Å². The highest BCUT2D eigenvalue weighted by atomic mass is 16.1. The lowest BCUT2D eigenvalue weighted by atomic mass is 10.0. The third kappa shape index (κ3) is 3.40. The van der Waals surface area contributed by atoms with E-state index in [1.807, 2.05) is 29.7 Å². The number of carbonyl (C=O) groups excluding carboxylic acids is 1. The number of hydrogen-bond donors (Lipinski definition) is 1. The van der Waals surface area contributed by atoms with Gasteiger partial charge in [0.2, 0.25) is 0 Å². The van der Waals surface area contributed by atoms with Crippen molar-refractivity contribution in [2.24, 2.45) is 0 Å². The SMILES string of the molecule is C=CCn1c(C(=O)NCc2cccnc2)c(C)c2cc(C(C)C)ccc21. The second kappa shape index (κ2) is 7.56. The summed E-state index contributed by atoms with van der Waals surface area (Å²) >= 11 is 0. The van der Waals surface area contributed by atoms with E-state index < -0.39 is 0 Å². The second-order valence-electron chi connectivity index (χ2n) is 6.85. The third-order valence-corrected chi connectivity index (χ3v) is 4.71. The second-order valence-corrected chi connectivity index (χ2v) is 6.85. The number of nitrogens with one attached hydrogen (secondary N) is 1. The zero-order valence-electron chi connectivity index (χ0n) is 15.6. The van der Waals surface area contributed by atoms with Gasteiger partial charge in [-0.15, -0.1) is 6.58 Å². The van der Waals surface area contributed by atoms with Crippen LogP contribution in [0.5, 0.6) is 0 Å². The molecule has 4 heteroatoms. The van der Waals surface area contributed by atoms with E-state index in [2.05, 4.69) is 48.9 Å². The molecule has 0 atom stereocenters. The molecule has 0 unspecified atom stereocenters. The zero-order valence-corrected chi connectivity index (χ0v) is 15.6. The molecule has 0 aliphatic rings. The molecule has 0 aliphatic carbocycles. The largest absolute Gasteiger partial charge is 0.347 e. The van der Waals surface area contributed by atoms with E-state index in [0.717, 1.165) is 22.0 Å².